The van der Waals surface area contributed by atoms with E-state index in [-0.39, 0.29) is 16.7 Å². The number of nitrogens with one attached hydrogen (secondary N) is 2. The molecule has 8 heteroatoms. The largest absolute Gasteiger partial charge is 0.465 e. The number of ether oxygens (including phenoxy) is 1. The number of benzene rings is 1. The van der Waals surface area contributed by atoms with Gasteiger partial charge < -0.3 is 15.4 Å². The van der Waals surface area contributed by atoms with E-state index in [4.69, 9.17) is 11.6 Å². The fourth-order valence-corrected chi connectivity index (χ4v) is 2.07. The van der Waals surface area contributed by atoms with E-state index in [0.29, 0.717) is 16.7 Å². The Hall–Kier alpha value is -2.67. The molecule has 0 aliphatic carbocycles. The van der Waals surface area contributed by atoms with Gasteiger partial charge in [0.15, 0.2) is 0 Å². The van der Waals surface area contributed by atoms with Crippen molar-refractivity contribution < 1.29 is 14.3 Å². The highest BCUT2D eigenvalue weighted by Gasteiger charge is 2.15. The number of carbonyl (C=O) groups is 2. The first-order chi connectivity index (χ1) is 11.7. The van der Waals surface area contributed by atoms with Crippen LogP contribution >= 0.6 is 11.6 Å². The Balaban J connectivity index is 2.15. The molecule has 1 aromatic heterocycles. The molecule has 25 heavy (non-hydrogen) atoms. The van der Waals surface area contributed by atoms with E-state index in [2.05, 4.69) is 25.3 Å². The van der Waals surface area contributed by atoms with Gasteiger partial charge in [-0.15, -0.1) is 0 Å². The van der Waals surface area contributed by atoms with Gasteiger partial charge in [0.1, 0.15) is 0 Å². The van der Waals surface area contributed by atoms with Crippen molar-refractivity contribution >= 4 is 35.1 Å². The number of anilines is 2. The first-order valence-electron chi connectivity index (χ1n) is 7.49. The predicted octanol–water partition coefficient (Wildman–Crippen LogP) is 3.38. The van der Waals surface area contributed by atoms with Crippen LogP contribution in [0.15, 0.2) is 30.6 Å². The lowest BCUT2D eigenvalue weighted by molar-refractivity contribution is 0.0600. The number of halogens is 1. The molecule has 0 bridgehead atoms. The lowest BCUT2D eigenvalue weighted by Gasteiger charge is -2.20. The second kappa shape index (κ2) is 7.48. The Morgan fingerprint density at radius 2 is 1.76 bits per heavy atom. The third kappa shape index (κ3) is 5.15. The molecule has 1 heterocycles. The van der Waals surface area contributed by atoms with Gasteiger partial charge >= 0.3 is 5.97 Å². The summed E-state index contributed by atoms with van der Waals surface area (Å²) in [7, 11) is 1.28. The maximum atomic E-state index is 12.3. The monoisotopic (exact) mass is 362 g/mol. The number of carbonyl (C=O) groups excluding carboxylic acids is 2. The molecule has 0 aliphatic rings. The van der Waals surface area contributed by atoms with Gasteiger partial charge in [-0.1, -0.05) is 11.6 Å². The SMILES string of the molecule is COC(=O)c1ccc(Cl)c(NC(=O)c2cnc(NC(C)(C)C)nc2)c1. The zero-order chi connectivity index (χ0) is 18.6. The van der Waals surface area contributed by atoms with Crippen molar-refractivity contribution in [1.29, 1.82) is 0 Å². The molecule has 2 aromatic rings. The van der Waals surface area contributed by atoms with E-state index in [9.17, 15) is 9.59 Å². The van der Waals surface area contributed by atoms with Gasteiger partial charge in [0.25, 0.3) is 5.91 Å². The maximum Gasteiger partial charge on any atom is 0.337 e. The molecule has 0 radical (unpaired) electrons. The summed E-state index contributed by atoms with van der Waals surface area (Å²) >= 11 is 6.07. The Kier molecular flexibility index (Phi) is 5.58. The highest BCUT2D eigenvalue weighted by atomic mass is 35.5. The highest BCUT2D eigenvalue weighted by Crippen LogP contribution is 2.24. The van der Waals surface area contributed by atoms with E-state index in [0.717, 1.165) is 0 Å². The number of aromatic nitrogens is 2. The highest BCUT2D eigenvalue weighted by molar-refractivity contribution is 6.34. The molecule has 1 amide bonds. The fraction of sp³-hybridized carbons (Fsp3) is 0.294. The van der Waals surface area contributed by atoms with Crippen LogP contribution in [0.4, 0.5) is 11.6 Å². The molecule has 2 N–H and O–H groups in total. The first kappa shape index (κ1) is 18.7. The van der Waals surface area contributed by atoms with Gasteiger partial charge in [-0.3, -0.25) is 4.79 Å². The predicted molar refractivity (Wildman–Crippen MR) is 96.2 cm³/mol. The molecule has 0 fully saturated rings. The molecule has 0 spiro atoms. The van der Waals surface area contributed by atoms with E-state index >= 15 is 0 Å². The Morgan fingerprint density at radius 1 is 1.12 bits per heavy atom. The van der Waals surface area contributed by atoms with Crippen LogP contribution in [0.2, 0.25) is 5.02 Å². The number of hydrogen-bond donors (Lipinski definition) is 2. The van der Waals surface area contributed by atoms with Crippen molar-refractivity contribution in [2.75, 3.05) is 17.7 Å². The van der Waals surface area contributed by atoms with Crippen LogP contribution in [0.25, 0.3) is 0 Å². The van der Waals surface area contributed by atoms with Gasteiger partial charge in [0.2, 0.25) is 5.95 Å². The van der Waals surface area contributed by atoms with Crippen LogP contribution in [0.1, 0.15) is 41.5 Å². The molecule has 0 saturated heterocycles. The lowest BCUT2D eigenvalue weighted by Crippen LogP contribution is -2.27. The smallest absolute Gasteiger partial charge is 0.337 e. The van der Waals surface area contributed by atoms with Crippen LogP contribution in [0.3, 0.4) is 0 Å². The Morgan fingerprint density at radius 3 is 2.32 bits per heavy atom. The Bertz CT molecular complexity index is 785. The zero-order valence-electron chi connectivity index (χ0n) is 14.4. The van der Waals surface area contributed by atoms with Crippen molar-refractivity contribution in [3.63, 3.8) is 0 Å². The van der Waals surface area contributed by atoms with Crippen molar-refractivity contribution in [3.8, 4) is 0 Å². The van der Waals surface area contributed by atoms with Crippen LogP contribution in [0.5, 0.6) is 0 Å². The van der Waals surface area contributed by atoms with Crippen molar-refractivity contribution in [1.82, 2.24) is 9.97 Å². The molecule has 0 aliphatic heterocycles. The average Bonchev–Trinajstić information content (AvgIpc) is 2.55. The topological polar surface area (TPSA) is 93.2 Å². The van der Waals surface area contributed by atoms with Gasteiger partial charge in [-0.25, -0.2) is 14.8 Å². The minimum atomic E-state index is -0.520. The second-order valence-electron chi connectivity index (χ2n) is 6.31. The molecule has 2 rings (SSSR count). The van der Waals surface area contributed by atoms with E-state index in [1.165, 1.54) is 37.7 Å². The molecular weight excluding hydrogens is 344 g/mol. The fourth-order valence-electron chi connectivity index (χ4n) is 1.91. The number of methoxy groups -OCH3 is 1. The van der Waals surface area contributed by atoms with Crippen LogP contribution < -0.4 is 10.6 Å². The first-order valence-corrected chi connectivity index (χ1v) is 7.87. The number of esters is 1. The standard InChI is InChI=1S/C17H19ClN4O3/c1-17(2,3)22-16-19-8-11(9-20-16)14(23)21-13-7-10(15(24)25-4)5-6-12(13)18/h5-9H,1-4H3,(H,21,23)(H,19,20,22). The van der Waals surface area contributed by atoms with Crippen LogP contribution in [-0.2, 0) is 4.74 Å². The van der Waals surface area contributed by atoms with Crippen molar-refractivity contribution in [2.45, 2.75) is 26.3 Å². The zero-order valence-corrected chi connectivity index (χ0v) is 15.1. The summed E-state index contributed by atoms with van der Waals surface area (Å²) in [5.74, 6) is -0.533. The van der Waals surface area contributed by atoms with Gasteiger partial charge in [0, 0.05) is 17.9 Å². The molecule has 1 aromatic carbocycles. The minimum absolute atomic E-state index is 0.189. The third-order valence-electron chi connectivity index (χ3n) is 3.04. The molecular formula is C17H19ClN4O3. The molecule has 0 atom stereocenters. The van der Waals surface area contributed by atoms with E-state index < -0.39 is 11.9 Å². The van der Waals surface area contributed by atoms with E-state index in [1.807, 2.05) is 20.8 Å². The molecule has 0 saturated carbocycles. The van der Waals surface area contributed by atoms with Gasteiger partial charge in [-0.2, -0.15) is 0 Å². The summed E-state index contributed by atoms with van der Waals surface area (Å²) in [4.78, 5) is 32.1. The lowest BCUT2D eigenvalue weighted by atomic mass is 10.1. The quantitative estimate of drug-likeness (QED) is 0.810. The summed E-state index contributed by atoms with van der Waals surface area (Å²) in [5, 5.41) is 6.04. The van der Waals surface area contributed by atoms with Crippen molar-refractivity contribution in [2.24, 2.45) is 0 Å². The molecule has 0 unspecified atom stereocenters. The average molecular weight is 363 g/mol. The van der Waals surface area contributed by atoms with Gasteiger partial charge in [-0.05, 0) is 39.0 Å². The van der Waals surface area contributed by atoms with Gasteiger partial charge in [0.05, 0.1) is 28.9 Å². The summed E-state index contributed by atoms with van der Waals surface area (Å²) in [5.41, 5.74) is 0.652. The third-order valence-corrected chi connectivity index (χ3v) is 3.37. The van der Waals surface area contributed by atoms with Crippen LogP contribution in [0, 0.1) is 0 Å². The summed E-state index contributed by atoms with van der Waals surface area (Å²) in [6.45, 7) is 5.94. The number of amides is 1. The van der Waals surface area contributed by atoms with Crippen LogP contribution in [-0.4, -0.2) is 34.5 Å². The summed E-state index contributed by atoms with van der Waals surface area (Å²) in [6, 6.07) is 4.47. The number of nitrogens with zero attached hydrogens (tertiary/aromatic N) is 2. The normalized spacial score (nSPS) is 10.9. The summed E-state index contributed by atoms with van der Waals surface area (Å²) in [6.07, 6.45) is 2.82. The maximum absolute atomic E-state index is 12.3. The Labute approximate surface area is 150 Å². The molecule has 7 nitrogen and oxygen atoms in total. The number of rotatable bonds is 4. The summed E-state index contributed by atoms with van der Waals surface area (Å²) < 4.78 is 4.65. The van der Waals surface area contributed by atoms with E-state index in [1.54, 1.807) is 0 Å². The molecule has 132 valence electrons. The second-order valence-corrected chi connectivity index (χ2v) is 6.72. The van der Waals surface area contributed by atoms with Crippen molar-refractivity contribution in [3.05, 3.63) is 46.7 Å². The number of hydrogen-bond acceptors (Lipinski definition) is 6. The minimum Gasteiger partial charge on any atom is -0.465 e.